The molecule has 1 aliphatic rings. The van der Waals surface area contributed by atoms with E-state index in [9.17, 15) is 0 Å². The van der Waals surface area contributed by atoms with Gasteiger partial charge in [0.1, 0.15) is 0 Å². The maximum absolute atomic E-state index is 4.55. The van der Waals surface area contributed by atoms with Gasteiger partial charge in [-0.2, -0.15) is 0 Å². The van der Waals surface area contributed by atoms with Crippen molar-refractivity contribution >= 4 is 16.3 Å². The lowest BCUT2D eigenvalue weighted by molar-refractivity contribution is 0.518. The summed E-state index contributed by atoms with van der Waals surface area (Å²) in [6.07, 6.45) is 5.52. The number of rotatable bonds is 4. The quantitative estimate of drug-likeness (QED) is 0.882. The van der Waals surface area contributed by atoms with Gasteiger partial charge in [0.25, 0.3) is 0 Å². The van der Waals surface area contributed by atoms with Crippen LogP contribution in [0, 0.1) is 11.3 Å². The minimum Gasteiger partial charge on any atom is -0.311 e. The van der Waals surface area contributed by atoms with Crippen LogP contribution in [0.15, 0.2) is 17.8 Å². The molecule has 1 aliphatic carbocycles. The molecule has 1 unspecified atom stereocenters. The van der Waals surface area contributed by atoms with Crippen LogP contribution in [0.5, 0.6) is 0 Å². The van der Waals surface area contributed by atoms with Gasteiger partial charge in [-0.25, -0.2) is 4.98 Å². The zero-order chi connectivity index (χ0) is 11.2. The van der Waals surface area contributed by atoms with Gasteiger partial charge >= 0.3 is 0 Å². The topological polar surface area (TPSA) is 29.3 Å². The van der Waals surface area contributed by atoms with Crippen LogP contribution in [0.2, 0.25) is 0 Å². The fraction of sp³-hybridized carbons (Fsp3) is 0.583. The van der Waals surface area contributed by atoms with Crippen molar-refractivity contribution in [2.24, 2.45) is 11.3 Å². The Kier molecular flexibility index (Phi) is 2.30. The molecule has 0 aromatic carbocycles. The molecule has 0 saturated heterocycles. The first-order valence-electron chi connectivity index (χ1n) is 5.77. The summed E-state index contributed by atoms with van der Waals surface area (Å²) in [5.74, 6) is 0.858. The first kappa shape index (κ1) is 10.3. The zero-order valence-electron chi connectivity index (χ0n) is 9.73. The number of hydrogen-bond acceptors (Lipinski definition) is 3. The Balaban J connectivity index is 1.54. The SMILES string of the molecule is CC1(C)CC1CNCc1cn2ccsc2n1. The van der Waals surface area contributed by atoms with Crippen LogP contribution in [0.1, 0.15) is 26.0 Å². The van der Waals surface area contributed by atoms with Gasteiger partial charge in [-0.15, -0.1) is 11.3 Å². The molecule has 1 N–H and O–H groups in total. The number of imidazole rings is 1. The first-order chi connectivity index (χ1) is 7.65. The molecule has 2 aromatic heterocycles. The van der Waals surface area contributed by atoms with E-state index in [0.717, 1.165) is 29.7 Å². The molecule has 3 rings (SSSR count). The van der Waals surface area contributed by atoms with Crippen LogP contribution < -0.4 is 5.32 Å². The number of nitrogens with one attached hydrogen (secondary N) is 1. The van der Waals surface area contributed by atoms with Gasteiger partial charge in [0.2, 0.25) is 0 Å². The molecule has 0 radical (unpaired) electrons. The van der Waals surface area contributed by atoms with Crippen molar-refractivity contribution in [2.45, 2.75) is 26.8 Å². The summed E-state index contributed by atoms with van der Waals surface area (Å²) in [5.41, 5.74) is 1.71. The number of nitrogens with zero attached hydrogens (tertiary/aromatic N) is 2. The van der Waals surface area contributed by atoms with Crippen molar-refractivity contribution in [1.29, 1.82) is 0 Å². The Bertz CT molecular complexity index is 469. The highest BCUT2D eigenvalue weighted by Gasteiger charge is 2.44. The number of hydrogen-bond donors (Lipinski definition) is 1. The third-order valence-electron chi connectivity index (χ3n) is 3.56. The van der Waals surface area contributed by atoms with Crippen LogP contribution in [-0.4, -0.2) is 15.9 Å². The lowest BCUT2D eigenvalue weighted by atomic mass is 10.1. The molecule has 1 atom stereocenters. The molecule has 86 valence electrons. The van der Waals surface area contributed by atoms with Crippen molar-refractivity contribution in [3.8, 4) is 0 Å². The molecule has 3 nitrogen and oxygen atoms in total. The summed E-state index contributed by atoms with van der Waals surface area (Å²) < 4.78 is 2.09. The van der Waals surface area contributed by atoms with Gasteiger partial charge in [-0.05, 0) is 24.3 Å². The van der Waals surface area contributed by atoms with Gasteiger partial charge < -0.3 is 5.32 Å². The van der Waals surface area contributed by atoms with E-state index >= 15 is 0 Å². The van der Waals surface area contributed by atoms with E-state index in [0.29, 0.717) is 5.41 Å². The summed E-state index contributed by atoms with van der Waals surface area (Å²) in [5, 5.41) is 5.56. The van der Waals surface area contributed by atoms with Crippen molar-refractivity contribution in [2.75, 3.05) is 6.54 Å². The van der Waals surface area contributed by atoms with Gasteiger partial charge in [-0.1, -0.05) is 13.8 Å². The molecule has 0 bridgehead atoms. The van der Waals surface area contributed by atoms with Crippen LogP contribution >= 0.6 is 11.3 Å². The summed E-state index contributed by atoms with van der Waals surface area (Å²) in [6, 6.07) is 0. The molecule has 0 spiro atoms. The number of thiazole rings is 1. The third-order valence-corrected chi connectivity index (χ3v) is 4.33. The minimum atomic E-state index is 0.571. The van der Waals surface area contributed by atoms with Crippen molar-refractivity contribution in [1.82, 2.24) is 14.7 Å². The molecule has 1 fully saturated rings. The normalized spacial score (nSPS) is 22.8. The van der Waals surface area contributed by atoms with E-state index in [4.69, 9.17) is 0 Å². The third kappa shape index (κ3) is 1.87. The van der Waals surface area contributed by atoms with Crippen LogP contribution in [0.4, 0.5) is 0 Å². The standard InChI is InChI=1S/C12H17N3S/c1-12(2)5-9(12)6-13-7-10-8-15-3-4-16-11(15)14-10/h3-4,8-9,13H,5-7H2,1-2H3. The number of aromatic nitrogens is 2. The molecular formula is C12H17N3S. The Morgan fingerprint density at radius 1 is 1.62 bits per heavy atom. The molecule has 16 heavy (non-hydrogen) atoms. The second-order valence-corrected chi connectivity index (χ2v) is 6.22. The maximum atomic E-state index is 4.55. The Labute approximate surface area is 99.5 Å². The van der Waals surface area contributed by atoms with Crippen LogP contribution in [0.3, 0.4) is 0 Å². The lowest BCUT2D eigenvalue weighted by Crippen LogP contribution is -2.18. The summed E-state index contributed by atoms with van der Waals surface area (Å²) >= 11 is 1.68. The smallest absolute Gasteiger partial charge is 0.193 e. The van der Waals surface area contributed by atoms with E-state index in [1.54, 1.807) is 11.3 Å². The second kappa shape index (κ2) is 3.57. The van der Waals surface area contributed by atoms with E-state index in [2.05, 4.69) is 46.3 Å². The Morgan fingerprint density at radius 3 is 3.12 bits per heavy atom. The van der Waals surface area contributed by atoms with Crippen molar-refractivity contribution in [3.63, 3.8) is 0 Å². The zero-order valence-corrected chi connectivity index (χ0v) is 10.5. The number of fused-ring (bicyclic) bond motifs is 1. The highest BCUT2D eigenvalue weighted by atomic mass is 32.1. The van der Waals surface area contributed by atoms with E-state index < -0.39 is 0 Å². The molecule has 1 saturated carbocycles. The van der Waals surface area contributed by atoms with Gasteiger partial charge in [0.15, 0.2) is 4.96 Å². The first-order valence-corrected chi connectivity index (χ1v) is 6.65. The average Bonchev–Trinajstić information content (AvgIpc) is 2.61. The summed E-state index contributed by atoms with van der Waals surface area (Å²) in [4.78, 5) is 5.63. The Morgan fingerprint density at radius 2 is 2.44 bits per heavy atom. The molecule has 0 aliphatic heterocycles. The average molecular weight is 235 g/mol. The van der Waals surface area contributed by atoms with Crippen molar-refractivity contribution < 1.29 is 0 Å². The van der Waals surface area contributed by atoms with Gasteiger partial charge in [0, 0.05) is 24.3 Å². The highest BCUT2D eigenvalue weighted by Crippen LogP contribution is 2.50. The predicted octanol–water partition coefficient (Wildman–Crippen LogP) is 2.53. The molecule has 2 aromatic rings. The van der Waals surface area contributed by atoms with Gasteiger partial charge in [-0.3, -0.25) is 4.40 Å². The molecule has 0 amide bonds. The minimum absolute atomic E-state index is 0.571. The predicted molar refractivity (Wildman–Crippen MR) is 66.7 cm³/mol. The molecular weight excluding hydrogens is 218 g/mol. The van der Waals surface area contributed by atoms with E-state index in [1.807, 2.05) is 0 Å². The lowest BCUT2D eigenvalue weighted by Gasteiger charge is -2.04. The van der Waals surface area contributed by atoms with Gasteiger partial charge in [0.05, 0.1) is 5.69 Å². The van der Waals surface area contributed by atoms with Crippen LogP contribution in [0.25, 0.3) is 4.96 Å². The highest BCUT2D eigenvalue weighted by molar-refractivity contribution is 7.15. The molecule has 2 heterocycles. The largest absolute Gasteiger partial charge is 0.311 e. The fourth-order valence-corrected chi connectivity index (χ4v) is 2.88. The van der Waals surface area contributed by atoms with E-state index in [-0.39, 0.29) is 0 Å². The van der Waals surface area contributed by atoms with E-state index in [1.165, 1.54) is 6.42 Å². The van der Waals surface area contributed by atoms with Crippen LogP contribution in [-0.2, 0) is 6.54 Å². The molecule has 4 heteroatoms. The maximum Gasteiger partial charge on any atom is 0.193 e. The Hall–Kier alpha value is -0.870. The summed E-state index contributed by atoms with van der Waals surface area (Å²) in [6.45, 7) is 6.69. The fourth-order valence-electron chi connectivity index (χ4n) is 2.16. The summed E-state index contributed by atoms with van der Waals surface area (Å²) in [7, 11) is 0. The second-order valence-electron chi connectivity index (χ2n) is 5.35. The monoisotopic (exact) mass is 235 g/mol. The van der Waals surface area contributed by atoms with Crippen molar-refractivity contribution in [3.05, 3.63) is 23.5 Å².